The van der Waals surface area contributed by atoms with E-state index in [1.807, 2.05) is 25.3 Å². The number of ketones is 1. The van der Waals surface area contributed by atoms with Crippen molar-refractivity contribution in [3.8, 4) is 0 Å². The number of aryl methyl sites for hydroxylation is 1. The van der Waals surface area contributed by atoms with Crippen LogP contribution in [-0.4, -0.2) is 69.1 Å². The lowest BCUT2D eigenvalue weighted by Crippen LogP contribution is -2.47. The summed E-state index contributed by atoms with van der Waals surface area (Å²) < 4.78 is 17.3. The largest absolute Gasteiger partial charge is 0.458 e. The van der Waals surface area contributed by atoms with Crippen LogP contribution >= 0.6 is 22.9 Å². The summed E-state index contributed by atoms with van der Waals surface area (Å²) in [5, 5.41) is 23.4. The average molecular weight is 530 g/mol. The molecule has 0 saturated carbocycles. The molecule has 196 valence electrons. The molecule has 0 aromatic carbocycles. The minimum Gasteiger partial charge on any atom is -0.458 e. The quantitative estimate of drug-likeness (QED) is 0.338. The van der Waals surface area contributed by atoms with Gasteiger partial charge in [0, 0.05) is 24.1 Å². The minimum atomic E-state index is -1.29. The van der Waals surface area contributed by atoms with Gasteiger partial charge in [0.05, 0.1) is 47.5 Å². The van der Waals surface area contributed by atoms with E-state index in [-0.39, 0.29) is 24.9 Å². The fraction of sp³-hybridized carbons (Fsp3) is 0.720. The first-order valence-corrected chi connectivity index (χ1v) is 13.2. The van der Waals surface area contributed by atoms with Crippen LogP contribution in [0.15, 0.2) is 11.0 Å². The Morgan fingerprint density at radius 1 is 1.29 bits per heavy atom. The van der Waals surface area contributed by atoms with Crippen molar-refractivity contribution < 1.29 is 34.0 Å². The number of nitrogens with zero attached hydrogens (tertiary/aromatic N) is 1. The Morgan fingerprint density at radius 2 is 1.97 bits per heavy atom. The van der Waals surface area contributed by atoms with Crippen LogP contribution in [-0.2, 0) is 23.8 Å². The Bertz CT molecular complexity index is 963. The number of thiazole rings is 1. The molecule has 1 aromatic rings. The molecule has 0 unspecified atom stereocenters. The highest BCUT2D eigenvalue weighted by Gasteiger charge is 2.56. The molecule has 2 saturated heterocycles. The zero-order valence-electron chi connectivity index (χ0n) is 21.1. The lowest BCUT2D eigenvalue weighted by Gasteiger charge is -2.34. The van der Waals surface area contributed by atoms with Crippen molar-refractivity contribution in [3.63, 3.8) is 0 Å². The zero-order chi connectivity index (χ0) is 26.1. The summed E-state index contributed by atoms with van der Waals surface area (Å²) in [6, 6.07) is 0. The third kappa shape index (κ3) is 6.70. The number of esters is 1. The van der Waals surface area contributed by atoms with Crippen molar-refractivity contribution in [1.29, 1.82) is 0 Å². The van der Waals surface area contributed by atoms with E-state index in [1.54, 1.807) is 27.7 Å². The molecule has 3 rings (SSSR count). The summed E-state index contributed by atoms with van der Waals surface area (Å²) in [5.41, 5.74) is 0.258. The number of epoxide rings is 1. The van der Waals surface area contributed by atoms with Crippen molar-refractivity contribution in [3.05, 3.63) is 21.7 Å². The SMILES string of the molecule is CC(=Cc1csc(C)n1)[C@@H]1C[C@H]2O[C@@]2(Cl)CCO[C@@H](C)[C@@H](O)[C@@H](C)C(=O)C(C)(C)[C@@H](O)CC(=O)O1. The van der Waals surface area contributed by atoms with Crippen LogP contribution in [0.1, 0.15) is 64.6 Å². The van der Waals surface area contributed by atoms with E-state index in [0.29, 0.717) is 12.8 Å². The number of fused-ring (bicyclic) bond motifs is 1. The van der Waals surface area contributed by atoms with Gasteiger partial charge in [0.1, 0.15) is 18.0 Å². The summed E-state index contributed by atoms with van der Waals surface area (Å²) >= 11 is 8.13. The van der Waals surface area contributed by atoms with Gasteiger partial charge in [-0.3, -0.25) is 9.59 Å². The number of carbonyl (C=O) groups is 2. The second-order valence-corrected chi connectivity index (χ2v) is 11.9. The fourth-order valence-electron chi connectivity index (χ4n) is 4.36. The summed E-state index contributed by atoms with van der Waals surface area (Å²) in [5.74, 6) is -1.81. The van der Waals surface area contributed by atoms with Crippen molar-refractivity contribution in [2.75, 3.05) is 6.61 Å². The molecule has 2 fully saturated rings. The maximum Gasteiger partial charge on any atom is 0.309 e. The highest BCUT2D eigenvalue weighted by Crippen LogP contribution is 2.47. The Kier molecular flexibility index (Phi) is 8.82. The van der Waals surface area contributed by atoms with Crippen molar-refractivity contribution >= 4 is 40.8 Å². The number of aliphatic hydroxyl groups is 2. The summed E-state index contributed by atoms with van der Waals surface area (Å²) in [6.45, 7) is 10.4. The number of rotatable bonds is 2. The average Bonchev–Trinajstić information content (AvgIpc) is 3.22. The number of aromatic nitrogens is 1. The second kappa shape index (κ2) is 10.9. The molecule has 2 aliphatic rings. The fourth-order valence-corrected chi connectivity index (χ4v) is 5.20. The number of aliphatic hydroxyl groups excluding tert-OH is 2. The first-order valence-electron chi connectivity index (χ1n) is 11.9. The molecular weight excluding hydrogens is 494 g/mol. The Balaban J connectivity index is 1.85. The molecule has 0 bridgehead atoms. The van der Waals surface area contributed by atoms with Crippen molar-refractivity contribution in [2.24, 2.45) is 11.3 Å². The van der Waals surface area contributed by atoms with E-state index >= 15 is 0 Å². The van der Waals surface area contributed by atoms with Gasteiger partial charge in [-0.25, -0.2) is 4.98 Å². The van der Waals surface area contributed by atoms with Crippen LogP contribution in [0, 0.1) is 18.3 Å². The lowest BCUT2D eigenvalue weighted by molar-refractivity contribution is -0.155. The molecule has 0 aliphatic carbocycles. The van der Waals surface area contributed by atoms with Crippen LogP contribution in [0.4, 0.5) is 0 Å². The van der Waals surface area contributed by atoms with Gasteiger partial charge in [-0.2, -0.15) is 0 Å². The van der Waals surface area contributed by atoms with Crippen LogP contribution < -0.4 is 0 Å². The van der Waals surface area contributed by atoms with Crippen LogP contribution in [0.25, 0.3) is 6.08 Å². The lowest BCUT2D eigenvalue weighted by atomic mass is 9.74. The van der Waals surface area contributed by atoms with Crippen LogP contribution in [0.3, 0.4) is 0 Å². The van der Waals surface area contributed by atoms with Crippen LogP contribution in [0.2, 0.25) is 0 Å². The van der Waals surface area contributed by atoms with Gasteiger partial charge in [-0.05, 0) is 32.4 Å². The summed E-state index contributed by atoms with van der Waals surface area (Å²) in [4.78, 5) is 30.5. The third-order valence-corrected chi connectivity index (χ3v) is 8.36. The molecule has 0 amide bonds. The first kappa shape index (κ1) is 28.2. The topological polar surface area (TPSA) is 118 Å². The number of alkyl halides is 1. The van der Waals surface area contributed by atoms with E-state index in [1.165, 1.54) is 11.3 Å². The molecule has 10 heteroatoms. The second-order valence-electron chi connectivity index (χ2n) is 10.2. The molecular formula is C25H36ClNO7S. The summed E-state index contributed by atoms with van der Waals surface area (Å²) in [6.07, 6.45) is -1.82. The van der Waals surface area contributed by atoms with Gasteiger partial charge in [0.2, 0.25) is 0 Å². The van der Waals surface area contributed by atoms with Gasteiger partial charge >= 0.3 is 5.97 Å². The third-order valence-electron chi connectivity index (χ3n) is 7.04. The van der Waals surface area contributed by atoms with E-state index in [4.69, 9.17) is 25.8 Å². The number of hydrogen-bond acceptors (Lipinski definition) is 9. The Morgan fingerprint density at radius 3 is 2.60 bits per heavy atom. The molecule has 3 heterocycles. The normalized spacial score (nSPS) is 37.5. The van der Waals surface area contributed by atoms with Crippen LogP contribution in [0.5, 0.6) is 0 Å². The van der Waals surface area contributed by atoms with E-state index < -0.39 is 46.8 Å². The number of cyclic esters (lactones) is 1. The molecule has 35 heavy (non-hydrogen) atoms. The van der Waals surface area contributed by atoms with Crippen molar-refractivity contribution in [1.82, 2.24) is 4.98 Å². The van der Waals surface area contributed by atoms with E-state index in [9.17, 15) is 19.8 Å². The molecule has 8 nitrogen and oxygen atoms in total. The maximum absolute atomic E-state index is 13.1. The van der Waals surface area contributed by atoms with Crippen molar-refractivity contribution in [2.45, 2.75) is 96.4 Å². The zero-order valence-corrected chi connectivity index (χ0v) is 22.7. The van der Waals surface area contributed by atoms with Gasteiger partial charge in [0.15, 0.2) is 5.06 Å². The Labute approximate surface area is 215 Å². The molecule has 0 spiro atoms. The predicted octanol–water partition coefficient (Wildman–Crippen LogP) is 3.64. The smallest absolute Gasteiger partial charge is 0.309 e. The molecule has 1 aromatic heterocycles. The summed E-state index contributed by atoms with van der Waals surface area (Å²) in [7, 11) is 0. The number of Topliss-reactive ketones (excluding diaryl/α,β-unsaturated/α-hetero) is 1. The number of carbonyl (C=O) groups excluding carboxylic acids is 2. The van der Waals surface area contributed by atoms with Gasteiger partial charge in [0.25, 0.3) is 0 Å². The molecule has 7 atom stereocenters. The first-order chi connectivity index (χ1) is 16.2. The predicted molar refractivity (Wildman–Crippen MR) is 133 cm³/mol. The van der Waals surface area contributed by atoms with E-state index in [0.717, 1.165) is 16.3 Å². The maximum atomic E-state index is 13.1. The Hall–Kier alpha value is -1.36. The van der Waals surface area contributed by atoms with Gasteiger partial charge in [-0.15, -0.1) is 11.3 Å². The number of ether oxygens (including phenoxy) is 3. The minimum absolute atomic E-state index is 0.225. The monoisotopic (exact) mass is 529 g/mol. The van der Waals surface area contributed by atoms with Gasteiger partial charge < -0.3 is 24.4 Å². The number of halogens is 1. The highest BCUT2D eigenvalue weighted by molar-refractivity contribution is 7.09. The van der Waals surface area contributed by atoms with E-state index in [2.05, 4.69) is 4.98 Å². The molecule has 2 N–H and O–H groups in total. The number of hydrogen-bond donors (Lipinski definition) is 2. The van der Waals surface area contributed by atoms with Gasteiger partial charge in [-0.1, -0.05) is 32.4 Å². The standard InChI is InChI=1S/C25H36ClNO7S/c1-13(9-17-12-35-16(4)27-17)18-10-20-25(26,34-20)7-8-32-15(3)22(30)14(2)23(31)24(5,6)19(28)11-21(29)33-18/h9,12,14-15,18-20,22,28,30H,7-8,10-11H2,1-6H3/t14-,15+,18+,19+,20-,22+,25+/m1/s1. The highest BCUT2D eigenvalue weighted by atomic mass is 35.5. The molecule has 0 radical (unpaired) electrons. The molecule has 2 aliphatic heterocycles.